The lowest BCUT2D eigenvalue weighted by Gasteiger charge is -2.23. The summed E-state index contributed by atoms with van der Waals surface area (Å²) in [4.78, 5) is 12.3. The molecule has 9 heteroatoms. The molecule has 0 aromatic heterocycles. The molecular formula is C22H17F3N2O3S. The number of nitrogens with one attached hydrogen (secondary N) is 1. The third-order valence-electron chi connectivity index (χ3n) is 4.31. The van der Waals surface area contributed by atoms with Crippen LogP contribution in [-0.2, 0) is 10.0 Å². The van der Waals surface area contributed by atoms with Crippen molar-refractivity contribution >= 4 is 27.3 Å². The standard InChI is InChI=1S/C22H17F3N2O3S/c1-2-13-27(16-8-4-3-5-9-16)31(29,30)17-10-6-7-15(14-17)22(28)26-19-12-11-18(23)20(24)21(19)25/h2-12,14H,1,13H2,(H,26,28). The summed E-state index contributed by atoms with van der Waals surface area (Å²) >= 11 is 0. The van der Waals surface area contributed by atoms with Crippen LogP contribution in [0.3, 0.4) is 0 Å². The second kappa shape index (κ2) is 9.05. The van der Waals surface area contributed by atoms with E-state index in [1.165, 1.54) is 24.3 Å². The number of nitrogens with zero attached hydrogens (tertiary/aromatic N) is 1. The van der Waals surface area contributed by atoms with E-state index in [0.717, 1.165) is 16.4 Å². The highest BCUT2D eigenvalue weighted by atomic mass is 32.2. The maximum absolute atomic E-state index is 13.8. The SMILES string of the molecule is C=CCN(c1ccccc1)S(=O)(=O)c1cccc(C(=O)Nc2ccc(F)c(F)c2F)c1. The molecule has 1 amide bonds. The highest BCUT2D eigenvalue weighted by molar-refractivity contribution is 7.92. The number of halogens is 3. The Morgan fingerprint density at radius 1 is 0.968 bits per heavy atom. The Morgan fingerprint density at radius 2 is 1.68 bits per heavy atom. The molecule has 31 heavy (non-hydrogen) atoms. The lowest BCUT2D eigenvalue weighted by atomic mass is 10.2. The summed E-state index contributed by atoms with van der Waals surface area (Å²) in [6.07, 6.45) is 1.42. The Balaban J connectivity index is 1.94. The maximum atomic E-state index is 13.8. The minimum Gasteiger partial charge on any atom is -0.319 e. The number of carbonyl (C=O) groups excluding carboxylic acids is 1. The van der Waals surface area contributed by atoms with Crippen molar-refractivity contribution < 1.29 is 26.4 Å². The Labute approximate surface area is 177 Å². The molecule has 160 valence electrons. The zero-order valence-electron chi connectivity index (χ0n) is 16.1. The molecule has 0 heterocycles. The molecule has 0 saturated carbocycles. The lowest BCUT2D eigenvalue weighted by Crippen LogP contribution is -2.31. The monoisotopic (exact) mass is 446 g/mol. The summed E-state index contributed by atoms with van der Waals surface area (Å²) < 4.78 is 67.8. The van der Waals surface area contributed by atoms with Crippen molar-refractivity contribution in [1.29, 1.82) is 0 Å². The van der Waals surface area contributed by atoms with Gasteiger partial charge in [-0.2, -0.15) is 0 Å². The van der Waals surface area contributed by atoms with Gasteiger partial charge in [0.25, 0.3) is 15.9 Å². The van der Waals surface area contributed by atoms with E-state index in [-0.39, 0.29) is 17.0 Å². The molecule has 0 radical (unpaired) electrons. The van der Waals surface area contributed by atoms with Gasteiger partial charge in [0.05, 0.1) is 22.8 Å². The van der Waals surface area contributed by atoms with E-state index in [1.807, 2.05) is 0 Å². The number of hydrogen-bond acceptors (Lipinski definition) is 3. The molecule has 0 atom stereocenters. The van der Waals surface area contributed by atoms with Gasteiger partial charge in [-0.25, -0.2) is 21.6 Å². The third kappa shape index (κ3) is 4.61. The predicted octanol–water partition coefficient (Wildman–Crippen LogP) is 4.74. The molecule has 0 aliphatic rings. The molecule has 0 aliphatic heterocycles. The van der Waals surface area contributed by atoms with E-state index in [1.54, 1.807) is 30.3 Å². The summed E-state index contributed by atoms with van der Waals surface area (Å²) in [6, 6.07) is 15.0. The van der Waals surface area contributed by atoms with Gasteiger partial charge in [0.15, 0.2) is 17.5 Å². The molecule has 0 aliphatic carbocycles. The number of carbonyl (C=O) groups is 1. The first-order valence-electron chi connectivity index (χ1n) is 8.99. The fraction of sp³-hybridized carbons (Fsp3) is 0.0455. The van der Waals surface area contributed by atoms with Gasteiger partial charge in [-0.05, 0) is 42.5 Å². The van der Waals surface area contributed by atoms with Gasteiger partial charge in [0.1, 0.15) is 0 Å². The molecule has 0 saturated heterocycles. The van der Waals surface area contributed by atoms with Crippen molar-refractivity contribution in [1.82, 2.24) is 0 Å². The average Bonchev–Trinajstić information content (AvgIpc) is 2.78. The van der Waals surface area contributed by atoms with Gasteiger partial charge < -0.3 is 5.32 Å². The van der Waals surface area contributed by atoms with E-state index < -0.39 is 39.1 Å². The first-order chi connectivity index (χ1) is 14.8. The van der Waals surface area contributed by atoms with Gasteiger partial charge in [0.2, 0.25) is 0 Å². The second-order valence-corrected chi connectivity index (χ2v) is 8.23. The summed E-state index contributed by atoms with van der Waals surface area (Å²) in [5.41, 5.74) is -0.285. The largest absolute Gasteiger partial charge is 0.319 e. The lowest BCUT2D eigenvalue weighted by molar-refractivity contribution is 0.102. The summed E-state index contributed by atoms with van der Waals surface area (Å²) in [5.74, 6) is -5.57. The molecule has 3 rings (SSSR count). The zero-order valence-corrected chi connectivity index (χ0v) is 16.9. The molecule has 0 unspecified atom stereocenters. The molecule has 5 nitrogen and oxygen atoms in total. The van der Waals surface area contributed by atoms with Gasteiger partial charge >= 0.3 is 0 Å². The quantitative estimate of drug-likeness (QED) is 0.421. The molecular weight excluding hydrogens is 429 g/mol. The fourth-order valence-electron chi connectivity index (χ4n) is 2.80. The van der Waals surface area contributed by atoms with Crippen LogP contribution in [0.15, 0.2) is 84.3 Å². The molecule has 3 aromatic rings. The normalized spacial score (nSPS) is 11.1. The van der Waals surface area contributed by atoms with Crippen LogP contribution in [0.4, 0.5) is 24.5 Å². The van der Waals surface area contributed by atoms with E-state index in [2.05, 4.69) is 11.9 Å². The number of sulfonamides is 1. The van der Waals surface area contributed by atoms with Gasteiger partial charge in [-0.1, -0.05) is 30.3 Å². The van der Waals surface area contributed by atoms with Crippen LogP contribution in [0.25, 0.3) is 0 Å². The average molecular weight is 446 g/mol. The molecule has 0 fully saturated rings. The topological polar surface area (TPSA) is 66.5 Å². The maximum Gasteiger partial charge on any atom is 0.264 e. The fourth-order valence-corrected chi connectivity index (χ4v) is 4.28. The van der Waals surface area contributed by atoms with Crippen LogP contribution in [0.5, 0.6) is 0 Å². The Kier molecular flexibility index (Phi) is 6.45. The number of hydrogen-bond donors (Lipinski definition) is 1. The van der Waals surface area contributed by atoms with Gasteiger partial charge in [0, 0.05) is 5.56 Å². The number of benzene rings is 3. The summed E-state index contributed by atoms with van der Waals surface area (Å²) in [7, 11) is -4.07. The van der Waals surface area contributed by atoms with Crippen molar-refractivity contribution in [2.75, 3.05) is 16.2 Å². The highest BCUT2D eigenvalue weighted by Gasteiger charge is 2.25. The van der Waals surface area contributed by atoms with E-state index in [4.69, 9.17) is 0 Å². The van der Waals surface area contributed by atoms with Crippen molar-refractivity contribution in [2.24, 2.45) is 0 Å². The van der Waals surface area contributed by atoms with Gasteiger partial charge in [-0.15, -0.1) is 6.58 Å². The number of rotatable bonds is 7. The smallest absolute Gasteiger partial charge is 0.264 e. The van der Waals surface area contributed by atoms with Crippen molar-refractivity contribution in [3.05, 3.63) is 102 Å². The first kappa shape index (κ1) is 22.1. The van der Waals surface area contributed by atoms with Crippen molar-refractivity contribution in [3.63, 3.8) is 0 Å². The minimum atomic E-state index is -4.07. The predicted molar refractivity (Wildman–Crippen MR) is 112 cm³/mol. The van der Waals surface area contributed by atoms with Crippen LogP contribution in [0.1, 0.15) is 10.4 Å². The van der Waals surface area contributed by atoms with E-state index in [0.29, 0.717) is 11.8 Å². The summed E-state index contributed by atoms with van der Waals surface area (Å²) in [6.45, 7) is 3.57. The van der Waals surface area contributed by atoms with Gasteiger partial charge in [-0.3, -0.25) is 9.10 Å². The Morgan fingerprint density at radius 3 is 2.35 bits per heavy atom. The number of para-hydroxylation sites is 1. The first-order valence-corrected chi connectivity index (χ1v) is 10.4. The van der Waals surface area contributed by atoms with Crippen molar-refractivity contribution in [3.8, 4) is 0 Å². The molecule has 3 aromatic carbocycles. The van der Waals surface area contributed by atoms with Crippen LogP contribution in [-0.4, -0.2) is 20.9 Å². The Hall–Kier alpha value is -3.59. The molecule has 0 spiro atoms. The molecule has 0 bridgehead atoms. The second-order valence-electron chi connectivity index (χ2n) is 6.37. The van der Waals surface area contributed by atoms with E-state index >= 15 is 0 Å². The zero-order chi connectivity index (χ0) is 22.6. The van der Waals surface area contributed by atoms with Crippen LogP contribution in [0.2, 0.25) is 0 Å². The van der Waals surface area contributed by atoms with Crippen LogP contribution in [0, 0.1) is 17.5 Å². The number of anilines is 2. The van der Waals surface area contributed by atoms with Crippen LogP contribution < -0.4 is 9.62 Å². The summed E-state index contributed by atoms with van der Waals surface area (Å²) in [5, 5.41) is 2.11. The minimum absolute atomic E-state index is 0.0111. The Bertz CT molecular complexity index is 1230. The third-order valence-corrected chi connectivity index (χ3v) is 6.10. The van der Waals surface area contributed by atoms with E-state index in [9.17, 15) is 26.4 Å². The van der Waals surface area contributed by atoms with Crippen LogP contribution >= 0.6 is 0 Å². The highest BCUT2D eigenvalue weighted by Crippen LogP contribution is 2.25. The molecule has 1 N–H and O–H groups in total. The van der Waals surface area contributed by atoms with Crippen molar-refractivity contribution in [2.45, 2.75) is 4.90 Å². The number of amides is 1.